The SMILES string of the molecule is CCn1nnc2c(N3CCN(C=O)CC3)ncnc21. The van der Waals surface area contributed by atoms with Crippen molar-refractivity contribution in [2.24, 2.45) is 0 Å². The van der Waals surface area contributed by atoms with E-state index in [2.05, 4.69) is 25.2 Å². The average molecular weight is 261 g/mol. The summed E-state index contributed by atoms with van der Waals surface area (Å²) in [4.78, 5) is 23.2. The molecule has 8 nitrogen and oxygen atoms in total. The van der Waals surface area contributed by atoms with Gasteiger partial charge in [0.05, 0.1) is 0 Å². The number of rotatable bonds is 3. The fourth-order valence-electron chi connectivity index (χ4n) is 2.26. The molecule has 19 heavy (non-hydrogen) atoms. The molecule has 1 aliphatic rings. The minimum atomic E-state index is 0.705. The summed E-state index contributed by atoms with van der Waals surface area (Å²) >= 11 is 0. The van der Waals surface area contributed by atoms with Crippen molar-refractivity contribution in [3.63, 3.8) is 0 Å². The van der Waals surface area contributed by atoms with Crippen molar-refractivity contribution in [3.8, 4) is 0 Å². The van der Waals surface area contributed by atoms with E-state index in [9.17, 15) is 4.79 Å². The smallest absolute Gasteiger partial charge is 0.209 e. The molecule has 0 unspecified atom stereocenters. The Bertz CT molecular complexity index is 588. The maximum absolute atomic E-state index is 10.7. The lowest BCUT2D eigenvalue weighted by Gasteiger charge is -2.33. The van der Waals surface area contributed by atoms with E-state index in [1.165, 1.54) is 0 Å². The Kier molecular flexibility index (Phi) is 2.98. The first-order valence-corrected chi connectivity index (χ1v) is 6.32. The summed E-state index contributed by atoms with van der Waals surface area (Å²) in [6, 6.07) is 0. The second-order valence-corrected chi connectivity index (χ2v) is 4.40. The number of nitrogens with zero attached hydrogens (tertiary/aromatic N) is 7. The summed E-state index contributed by atoms with van der Waals surface area (Å²) in [5, 5.41) is 8.24. The number of carbonyl (C=O) groups excluding carboxylic acids is 1. The molecule has 2 aromatic heterocycles. The van der Waals surface area contributed by atoms with Crippen molar-refractivity contribution in [1.29, 1.82) is 0 Å². The number of aromatic nitrogens is 5. The Labute approximate surface area is 110 Å². The van der Waals surface area contributed by atoms with Crippen LogP contribution in [0.2, 0.25) is 0 Å². The number of hydrogen-bond acceptors (Lipinski definition) is 6. The van der Waals surface area contributed by atoms with Gasteiger partial charge in [-0.05, 0) is 6.92 Å². The van der Waals surface area contributed by atoms with Crippen LogP contribution in [0.4, 0.5) is 5.82 Å². The van der Waals surface area contributed by atoms with E-state index < -0.39 is 0 Å². The Balaban J connectivity index is 1.93. The second kappa shape index (κ2) is 4.79. The number of amides is 1. The van der Waals surface area contributed by atoms with Crippen LogP contribution in [0.25, 0.3) is 11.2 Å². The molecule has 0 aliphatic carbocycles. The van der Waals surface area contributed by atoms with Crippen molar-refractivity contribution in [1.82, 2.24) is 29.9 Å². The topological polar surface area (TPSA) is 80.0 Å². The highest BCUT2D eigenvalue weighted by Gasteiger charge is 2.21. The van der Waals surface area contributed by atoms with Gasteiger partial charge in [0.15, 0.2) is 17.0 Å². The van der Waals surface area contributed by atoms with Gasteiger partial charge in [0.25, 0.3) is 0 Å². The predicted molar refractivity (Wildman–Crippen MR) is 68.6 cm³/mol. The van der Waals surface area contributed by atoms with Gasteiger partial charge in [0, 0.05) is 32.7 Å². The van der Waals surface area contributed by atoms with Crippen molar-refractivity contribution in [3.05, 3.63) is 6.33 Å². The standard InChI is InChI=1S/C11H15N7O/c1-2-18-11-9(14-15-18)10(12-7-13-11)17-5-3-16(8-19)4-6-17/h7-8H,2-6H2,1H3. The van der Waals surface area contributed by atoms with Crippen LogP contribution in [-0.2, 0) is 11.3 Å². The normalized spacial score (nSPS) is 16.1. The second-order valence-electron chi connectivity index (χ2n) is 4.40. The summed E-state index contributed by atoms with van der Waals surface area (Å²) in [6.07, 6.45) is 2.43. The summed E-state index contributed by atoms with van der Waals surface area (Å²) < 4.78 is 1.75. The molecule has 8 heteroatoms. The van der Waals surface area contributed by atoms with Gasteiger partial charge in [-0.25, -0.2) is 14.6 Å². The van der Waals surface area contributed by atoms with Crippen molar-refractivity contribution in [2.45, 2.75) is 13.5 Å². The highest BCUT2D eigenvalue weighted by molar-refractivity contribution is 5.82. The van der Waals surface area contributed by atoms with Gasteiger partial charge < -0.3 is 9.80 Å². The van der Waals surface area contributed by atoms with Gasteiger partial charge in [0.1, 0.15) is 6.33 Å². The van der Waals surface area contributed by atoms with Crippen LogP contribution < -0.4 is 4.90 Å². The molecule has 2 aromatic rings. The molecular weight excluding hydrogens is 246 g/mol. The largest absolute Gasteiger partial charge is 0.351 e. The Hall–Kier alpha value is -2.25. The highest BCUT2D eigenvalue weighted by Crippen LogP contribution is 2.21. The van der Waals surface area contributed by atoms with Crippen LogP contribution in [0.1, 0.15) is 6.92 Å². The third kappa shape index (κ3) is 1.98. The van der Waals surface area contributed by atoms with Crippen LogP contribution >= 0.6 is 0 Å². The fourth-order valence-corrected chi connectivity index (χ4v) is 2.26. The fraction of sp³-hybridized carbons (Fsp3) is 0.545. The first-order chi connectivity index (χ1) is 9.33. The van der Waals surface area contributed by atoms with E-state index >= 15 is 0 Å². The van der Waals surface area contributed by atoms with Crippen molar-refractivity contribution in [2.75, 3.05) is 31.1 Å². The maximum atomic E-state index is 10.7. The van der Waals surface area contributed by atoms with E-state index in [0.717, 1.165) is 43.0 Å². The van der Waals surface area contributed by atoms with Gasteiger partial charge in [0.2, 0.25) is 6.41 Å². The monoisotopic (exact) mass is 261 g/mol. The molecule has 0 saturated carbocycles. The lowest BCUT2D eigenvalue weighted by Crippen LogP contribution is -2.46. The number of fused-ring (bicyclic) bond motifs is 1. The molecule has 0 N–H and O–H groups in total. The molecule has 100 valence electrons. The zero-order chi connectivity index (χ0) is 13.2. The molecule has 3 heterocycles. The lowest BCUT2D eigenvalue weighted by molar-refractivity contribution is -0.118. The number of aryl methyl sites for hydroxylation is 1. The van der Waals surface area contributed by atoms with E-state index in [0.29, 0.717) is 13.1 Å². The molecule has 0 radical (unpaired) electrons. The molecule has 1 saturated heterocycles. The molecule has 0 aromatic carbocycles. The zero-order valence-electron chi connectivity index (χ0n) is 10.7. The number of anilines is 1. The van der Waals surface area contributed by atoms with Crippen molar-refractivity contribution >= 4 is 23.4 Å². The third-order valence-corrected chi connectivity index (χ3v) is 3.34. The zero-order valence-corrected chi connectivity index (χ0v) is 10.7. The van der Waals surface area contributed by atoms with Crippen LogP contribution in [0, 0.1) is 0 Å². The molecule has 0 spiro atoms. The molecule has 3 rings (SSSR count). The average Bonchev–Trinajstić information content (AvgIpc) is 2.90. The molecule has 1 fully saturated rings. The van der Waals surface area contributed by atoms with Crippen LogP contribution in [0.15, 0.2) is 6.33 Å². The first kappa shape index (κ1) is 11.8. The summed E-state index contributed by atoms with van der Waals surface area (Å²) in [5.41, 5.74) is 1.48. The molecule has 0 atom stereocenters. The van der Waals surface area contributed by atoms with Crippen LogP contribution in [-0.4, -0.2) is 62.5 Å². The quantitative estimate of drug-likeness (QED) is 0.694. The summed E-state index contributed by atoms with van der Waals surface area (Å²) in [7, 11) is 0. The van der Waals surface area contributed by atoms with E-state index in [4.69, 9.17) is 0 Å². The minimum Gasteiger partial charge on any atom is -0.351 e. The number of piperazine rings is 1. The van der Waals surface area contributed by atoms with E-state index in [1.807, 2.05) is 6.92 Å². The predicted octanol–water partition coefficient (Wildman–Crippen LogP) is -0.480. The highest BCUT2D eigenvalue weighted by atomic mass is 16.1. The molecule has 1 amide bonds. The Morgan fingerprint density at radius 2 is 2.05 bits per heavy atom. The van der Waals surface area contributed by atoms with Gasteiger partial charge in [-0.2, -0.15) is 0 Å². The first-order valence-electron chi connectivity index (χ1n) is 6.32. The molecule has 0 bridgehead atoms. The van der Waals surface area contributed by atoms with Gasteiger partial charge >= 0.3 is 0 Å². The van der Waals surface area contributed by atoms with E-state index in [1.54, 1.807) is 15.9 Å². The van der Waals surface area contributed by atoms with Crippen LogP contribution in [0.3, 0.4) is 0 Å². The molecular formula is C11H15N7O. The van der Waals surface area contributed by atoms with Gasteiger partial charge in [-0.3, -0.25) is 4.79 Å². The van der Waals surface area contributed by atoms with E-state index in [-0.39, 0.29) is 0 Å². The summed E-state index contributed by atoms with van der Waals surface area (Å²) in [6.45, 7) is 5.64. The van der Waals surface area contributed by atoms with Gasteiger partial charge in [-0.15, -0.1) is 5.10 Å². The maximum Gasteiger partial charge on any atom is 0.209 e. The van der Waals surface area contributed by atoms with Gasteiger partial charge in [-0.1, -0.05) is 5.21 Å². The third-order valence-electron chi connectivity index (χ3n) is 3.34. The Morgan fingerprint density at radius 1 is 1.26 bits per heavy atom. The summed E-state index contributed by atoms with van der Waals surface area (Å²) in [5.74, 6) is 0.801. The molecule has 1 aliphatic heterocycles. The number of hydrogen-bond donors (Lipinski definition) is 0. The number of carbonyl (C=O) groups is 1. The minimum absolute atomic E-state index is 0.705. The van der Waals surface area contributed by atoms with Crippen LogP contribution in [0.5, 0.6) is 0 Å². The van der Waals surface area contributed by atoms with Crippen molar-refractivity contribution < 1.29 is 4.79 Å². The Morgan fingerprint density at radius 3 is 2.74 bits per heavy atom. The lowest BCUT2D eigenvalue weighted by atomic mass is 10.3.